The van der Waals surface area contributed by atoms with Crippen molar-refractivity contribution < 1.29 is 60.2 Å². The van der Waals surface area contributed by atoms with Crippen molar-refractivity contribution in [2.75, 3.05) is 13.2 Å². The third-order valence-corrected chi connectivity index (χ3v) is 15.2. The molecule has 5 fully saturated rings. The van der Waals surface area contributed by atoms with Crippen molar-refractivity contribution in [3.05, 3.63) is 11.6 Å². The Morgan fingerprint density at radius 1 is 0.875 bits per heavy atom. The van der Waals surface area contributed by atoms with E-state index in [0.717, 1.165) is 5.57 Å². The predicted octanol–water partition coefficient (Wildman–Crippen LogP) is 0.943. The zero-order valence-electron chi connectivity index (χ0n) is 29.1. The monoisotopic (exact) mass is 682 g/mol. The van der Waals surface area contributed by atoms with E-state index in [9.17, 15) is 50.8 Å². The summed E-state index contributed by atoms with van der Waals surface area (Å²) in [6, 6.07) is 0. The molecule has 9 N–H and O–H groups in total. The molecule has 0 aromatic carbocycles. The minimum Gasteiger partial charge on any atom is -0.481 e. The normalized spacial score (nSPS) is 56.2. The van der Waals surface area contributed by atoms with E-state index in [1.807, 2.05) is 6.92 Å². The fourth-order valence-corrected chi connectivity index (χ4v) is 12.6. The fourth-order valence-electron chi connectivity index (χ4n) is 12.6. The predicted molar refractivity (Wildman–Crippen MR) is 171 cm³/mol. The van der Waals surface area contributed by atoms with Crippen LogP contribution in [0.2, 0.25) is 0 Å². The van der Waals surface area contributed by atoms with Gasteiger partial charge in [0.05, 0.1) is 37.6 Å². The zero-order valence-corrected chi connectivity index (χ0v) is 29.1. The first kappa shape index (κ1) is 36.6. The zero-order chi connectivity index (χ0) is 35.6. The number of aliphatic hydroxyl groups is 8. The van der Waals surface area contributed by atoms with Gasteiger partial charge in [0.15, 0.2) is 6.29 Å². The van der Waals surface area contributed by atoms with Gasteiger partial charge in [-0.15, -0.1) is 0 Å². The molecular formula is C36H58O12. The van der Waals surface area contributed by atoms with Crippen molar-refractivity contribution in [1.29, 1.82) is 0 Å². The lowest BCUT2D eigenvalue weighted by atomic mass is 9.32. The van der Waals surface area contributed by atoms with Gasteiger partial charge in [-0.25, -0.2) is 0 Å². The van der Waals surface area contributed by atoms with Gasteiger partial charge in [0.2, 0.25) is 0 Å². The summed E-state index contributed by atoms with van der Waals surface area (Å²) in [4.78, 5) is 13.0. The fraction of sp³-hybridized carbons (Fsp3) is 0.917. The average molecular weight is 683 g/mol. The molecular weight excluding hydrogens is 624 g/mol. The Morgan fingerprint density at radius 2 is 1.54 bits per heavy atom. The smallest absolute Gasteiger partial charge is 0.312 e. The summed E-state index contributed by atoms with van der Waals surface area (Å²) >= 11 is 0. The minimum atomic E-state index is -1.70. The van der Waals surface area contributed by atoms with Gasteiger partial charge >= 0.3 is 5.97 Å². The van der Waals surface area contributed by atoms with Gasteiger partial charge < -0.3 is 55.4 Å². The highest BCUT2D eigenvalue weighted by molar-refractivity contribution is 5.77. The van der Waals surface area contributed by atoms with Gasteiger partial charge in [-0.2, -0.15) is 0 Å². The van der Waals surface area contributed by atoms with Gasteiger partial charge in [-0.05, 0) is 78.4 Å². The van der Waals surface area contributed by atoms with E-state index in [0.29, 0.717) is 32.1 Å². The number of hydrogen-bond acceptors (Lipinski definition) is 11. The SMILES string of the molecule is CC1(C)CC[C@]2(C(=O)O)[C@H](O)C[C@]3(C)C(=CCC4[C@@]5(C)C[C@H](O)[C@H](O[C@@H]6O[C@H](CO)[C@@H](O)[C@H](O)[C@H]6O)[C@@](C)(CO)[C@@H]5[C@H](O)C[C@]43C)[C@@H]2C1. The topological polar surface area (TPSA) is 218 Å². The van der Waals surface area contributed by atoms with Crippen molar-refractivity contribution in [2.24, 2.45) is 50.2 Å². The standard InChI is InChI=1S/C36H58O12/c1-31(2)9-10-36(30(45)46)18(11-31)17-7-8-22-32(3)12-20(40)28(48-29-26(44)25(43)24(42)21(15-37)47-29)33(4,16-38)27(32)19(39)13-35(22,6)34(17,5)14-23(36)41/h7,18-29,37-44H,8-16H2,1-6H3,(H,45,46)/t18-,19+,20-,21+,22?,23+,24+,25-,26+,27+,28-,29-,32+,33-,34+,35+,36+/m0/s1. The number of rotatable bonds is 5. The third-order valence-electron chi connectivity index (χ3n) is 15.2. The summed E-state index contributed by atoms with van der Waals surface area (Å²) in [5.74, 6) is -2.03. The molecule has 0 aromatic rings. The summed E-state index contributed by atoms with van der Waals surface area (Å²) in [6.45, 7) is 11.2. The van der Waals surface area contributed by atoms with Gasteiger partial charge in [0, 0.05) is 11.3 Å². The Bertz CT molecular complexity index is 1300. The molecule has 274 valence electrons. The second-order valence-electron chi connectivity index (χ2n) is 18.1. The number of fused-ring (bicyclic) bond motifs is 7. The molecule has 0 amide bonds. The van der Waals surface area contributed by atoms with Crippen LogP contribution in [0.15, 0.2) is 11.6 Å². The van der Waals surface area contributed by atoms with E-state index < -0.39 is 107 Å². The first-order chi connectivity index (χ1) is 22.2. The lowest BCUT2D eigenvalue weighted by Crippen LogP contribution is -2.73. The van der Waals surface area contributed by atoms with Gasteiger partial charge in [0.25, 0.3) is 0 Å². The Labute approximate surface area is 282 Å². The lowest BCUT2D eigenvalue weighted by molar-refractivity contribution is -0.351. The van der Waals surface area contributed by atoms with Crippen LogP contribution in [0.4, 0.5) is 0 Å². The van der Waals surface area contributed by atoms with E-state index in [2.05, 4.69) is 33.8 Å². The number of carbonyl (C=O) groups is 1. The number of aliphatic carboxylic acids is 1. The highest BCUT2D eigenvalue weighted by Crippen LogP contribution is 2.76. The van der Waals surface area contributed by atoms with Crippen LogP contribution in [0, 0.1) is 50.2 Å². The summed E-state index contributed by atoms with van der Waals surface area (Å²) in [6.07, 6.45) is -6.88. The molecule has 5 aliphatic carbocycles. The summed E-state index contributed by atoms with van der Waals surface area (Å²) < 4.78 is 11.8. The lowest BCUT2D eigenvalue weighted by Gasteiger charge is -2.73. The molecule has 6 aliphatic rings. The number of carboxylic acids is 1. The van der Waals surface area contributed by atoms with Crippen LogP contribution in [-0.2, 0) is 14.3 Å². The first-order valence-electron chi connectivity index (χ1n) is 17.7. The van der Waals surface area contributed by atoms with Crippen LogP contribution in [-0.4, -0.2) is 120 Å². The quantitative estimate of drug-likeness (QED) is 0.146. The maximum atomic E-state index is 13.0. The molecule has 12 nitrogen and oxygen atoms in total. The van der Waals surface area contributed by atoms with Crippen LogP contribution < -0.4 is 0 Å². The minimum absolute atomic E-state index is 0.101. The van der Waals surface area contributed by atoms with Gasteiger partial charge in [0.1, 0.15) is 29.8 Å². The summed E-state index contributed by atoms with van der Waals surface area (Å²) in [5.41, 5.74) is -3.57. The second kappa shape index (κ2) is 11.7. The van der Waals surface area contributed by atoms with Gasteiger partial charge in [-0.3, -0.25) is 4.79 Å². The Balaban J connectivity index is 1.39. The molecule has 17 atom stereocenters. The number of hydrogen-bond donors (Lipinski definition) is 9. The number of carboxylic acid groups (broad SMARTS) is 1. The van der Waals surface area contributed by atoms with Crippen LogP contribution >= 0.6 is 0 Å². The average Bonchev–Trinajstić information content (AvgIpc) is 2.98. The molecule has 1 aliphatic heterocycles. The Hall–Kier alpha value is -1.19. The molecule has 0 aromatic heterocycles. The summed E-state index contributed by atoms with van der Waals surface area (Å²) in [7, 11) is 0. The number of ether oxygens (including phenoxy) is 2. The number of aliphatic hydroxyl groups excluding tert-OH is 8. The van der Waals surface area contributed by atoms with Crippen molar-refractivity contribution >= 4 is 5.97 Å². The molecule has 6 rings (SSSR count). The molecule has 0 spiro atoms. The molecule has 1 heterocycles. The van der Waals surface area contributed by atoms with E-state index in [1.165, 1.54) is 0 Å². The van der Waals surface area contributed by atoms with E-state index in [4.69, 9.17) is 9.47 Å². The molecule has 1 unspecified atom stereocenters. The van der Waals surface area contributed by atoms with Crippen molar-refractivity contribution in [2.45, 2.75) is 142 Å². The Kier molecular flexibility index (Phi) is 8.89. The molecule has 48 heavy (non-hydrogen) atoms. The van der Waals surface area contributed by atoms with Crippen LogP contribution in [0.5, 0.6) is 0 Å². The highest BCUT2D eigenvalue weighted by Gasteiger charge is 2.74. The highest BCUT2D eigenvalue weighted by atomic mass is 16.7. The van der Waals surface area contributed by atoms with Crippen molar-refractivity contribution in [3.8, 4) is 0 Å². The Morgan fingerprint density at radius 3 is 2.15 bits per heavy atom. The van der Waals surface area contributed by atoms with Crippen molar-refractivity contribution in [3.63, 3.8) is 0 Å². The molecule has 0 radical (unpaired) electrons. The molecule has 4 saturated carbocycles. The number of allylic oxidation sites excluding steroid dienone is 2. The van der Waals surface area contributed by atoms with Crippen molar-refractivity contribution in [1.82, 2.24) is 0 Å². The van der Waals surface area contributed by atoms with Crippen LogP contribution in [0.1, 0.15) is 86.5 Å². The van der Waals surface area contributed by atoms with E-state index >= 15 is 0 Å². The molecule has 1 saturated heterocycles. The largest absolute Gasteiger partial charge is 0.481 e. The first-order valence-corrected chi connectivity index (χ1v) is 17.7. The maximum absolute atomic E-state index is 13.0. The molecule has 0 bridgehead atoms. The molecule has 12 heteroatoms. The van der Waals surface area contributed by atoms with Crippen LogP contribution in [0.25, 0.3) is 0 Å². The van der Waals surface area contributed by atoms with E-state index in [1.54, 1.807) is 6.92 Å². The van der Waals surface area contributed by atoms with Gasteiger partial charge in [-0.1, -0.05) is 53.2 Å². The van der Waals surface area contributed by atoms with Crippen LogP contribution in [0.3, 0.4) is 0 Å². The van der Waals surface area contributed by atoms with E-state index in [-0.39, 0.29) is 30.1 Å². The maximum Gasteiger partial charge on any atom is 0.312 e. The second-order valence-corrected chi connectivity index (χ2v) is 18.1. The third kappa shape index (κ3) is 4.73. The summed E-state index contributed by atoms with van der Waals surface area (Å²) in [5, 5.41) is 98.8.